The number of nitrogens with zero attached hydrogens (tertiary/aromatic N) is 4. The maximum Gasteiger partial charge on any atom is 0.325 e. The zero-order chi connectivity index (χ0) is 20.6. The summed E-state index contributed by atoms with van der Waals surface area (Å²) < 4.78 is 5.83. The third kappa shape index (κ3) is 5.98. The van der Waals surface area contributed by atoms with Crippen molar-refractivity contribution < 1.29 is 19.1 Å². The number of aromatic nitrogens is 2. The predicted molar refractivity (Wildman–Crippen MR) is 108 cm³/mol. The molecule has 1 N–H and O–H groups in total. The first-order valence-electron chi connectivity index (χ1n) is 9.02. The molecule has 1 fully saturated rings. The molecule has 0 bridgehead atoms. The molecule has 0 radical (unpaired) electrons. The number of ether oxygens (including phenoxy) is 1. The Morgan fingerprint density at radius 1 is 1.03 bits per heavy atom. The Labute approximate surface area is 176 Å². The van der Waals surface area contributed by atoms with E-state index in [0.717, 1.165) is 4.47 Å². The van der Waals surface area contributed by atoms with Gasteiger partial charge >= 0.3 is 5.97 Å². The Kier molecular flexibility index (Phi) is 7.12. The van der Waals surface area contributed by atoms with E-state index in [2.05, 4.69) is 31.2 Å². The highest BCUT2D eigenvalue weighted by Gasteiger charge is 2.23. The van der Waals surface area contributed by atoms with Crippen LogP contribution in [0.5, 0.6) is 0 Å². The highest BCUT2D eigenvalue weighted by atomic mass is 79.9. The van der Waals surface area contributed by atoms with Gasteiger partial charge < -0.3 is 19.9 Å². The molecular formula is C19H20BrN5O4. The van der Waals surface area contributed by atoms with Crippen LogP contribution in [0.3, 0.4) is 0 Å². The van der Waals surface area contributed by atoms with Gasteiger partial charge in [0.2, 0.25) is 5.95 Å². The number of nitrogens with one attached hydrogen (secondary N) is 1. The van der Waals surface area contributed by atoms with Gasteiger partial charge in [-0.15, -0.1) is 0 Å². The van der Waals surface area contributed by atoms with E-state index in [1.807, 2.05) is 4.90 Å². The molecule has 0 atom stereocenters. The topological polar surface area (TPSA) is 105 Å². The fourth-order valence-corrected chi connectivity index (χ4v) is 3.02. The van der Waals surface area contributed by atoms with E-state index >= 15 is 0 Å². The van der Waals surface area contributed by atoms with E-state index in [1.54, 1.807) is 47.6 Å². The van der Waals surface area contributed by atoms with Crippen molar-refractivity contribution >= 4 is 39.7 Å². The van der Waals surface area contributed by atoms with Crippen LogP contribution in [0.15, 0.2) is 47.2 Å². The summed E-state index contributed by atoms with van der Waals surface area (Å²) in [4.78, 5) is 48.1. The van der Waals surface area contributed by atoms with Crippen molar-refractivity contribution in [1.29, 1.82) is 0 Å². The molecule has 0 aliphatic carbocycles. The Hall–Kier alpha value is -3.01. The third-order valence-corrected chi connectivity index (χ3v) is 4.85. The molecule has 29 heavy (non-hydrogen) atoms. The molecule has 1 aliphatic heterocycles. The first kappa shape index (κ1) is 20.7. The second kappa shape index (κ2) is 9.97. The SMILES string of the molecule is O=C(CNC(=O)c1ccc(Br)cc1)OCC(=O)N1CCN(c2ncccn2)CC1. The van der Waals surface area contributed by atoms with Gasteiger partial charge in [-0.1, -0.05) is 15.9 Å². The number of anilines is 1. The Balaban J connectivity index is 1.36. The molecule has 0 saturated carbocycles. The minimum atomic E-state index is -0.667. The molecule has 1 aromatic carbocycles. The van der Waals surface area contributed by atoms with Crippen LogP contribution in [0, 0.1) is 0 Å². The number of rotatable bonds is 6. The molecule has 2 heterocycles. The van der Waals surface area contributed by atoms with Crippen LogP contribution in [0.2, 0.25) is 0 Å². The van der Waals surface area contributed by atoms with Crippen LogP contribution in [-0.4, -0.2) is 72.0 Å². The average molecular weight is 462 g/mol. The molecule has 3 rings (SSSR count). The zero-order valence-corrected chi connectivity index (χ0v) is 17.2. The van der Waals surface area contributed by atoms with Crippen LogP contribution in [0.25, 0.3) is 0 Å². The second-order valence-corrected chi connectivity index (χ2v) is 7.18. The number of piperazine rings is 1. The van der Waals surface area contributed by atoms with Crippen LogP contribution in [0.1, 0.15) is 10.4 Å². The molecule has 2 amide bonds. The Bertz CT molecular complexity index is 855. The Morgan fingerprint density at radius 2 is 1.69 bits per heavy atom. The van der Waals surface area contributed by atoms with Crippen LogP contribution in [0.4, 0.5) is 5.95 Å². The summed E-state index contributed by atoms with van der Waals surface area (Å²) >= 11 is 3.29. The molecule has 2 aromatic rings. The van der Waals surface area contributed by atoms with Crippen LogP contribution in [-0.2, 0) is 14.3 Å². The monoisotopic (exact) mass is 461 g/mol. The minimum absolute atomic E-state index is 0.272. The van der Waals surface area contributed by atoms with Gasteiger partial charge in [-0.3, -0.25) is 14.4 Å². The predicted octanol–water partition coefficient (Wildman–Crippen LogP) is 0.861. The fourth-order valence-electron chi connectivity index (χ4n) is 2.75. The first-order valence-corrected chi connectivity index (χ1v) is 9.81. The molecule has 1 saturated heterocycles. The van der Waals surface area contributed by atoms with Crippen LogP contribution >= 0.6 is 15.9 Å². The van der Waals surface area contributed by atoms with Crippen molar-refractivity contribution in [3.8, 4) is 0 Å². The smallest absolute Gasteiger partial charge is 0.325 e. The maximum atomic E-state index is 12.2. The van der Waals surface area contributed by atoms with Crippen molar-refractivity contribution in [2.24, 2.45) is 0 Å². The molecule has 1 aromatic heterocycles. The summed E-state index contributed by atoms with van der Waals surface area (Å²) in [5, 5.41) is 2.47. The minimum Gasteiger partial charge on any atom is -0.454 e. The maximum absolute atomic E-state index is 12.2. The average Bonchev–Trinajstić information content (AvgIpc) is 2.77. The van der Waals surface area contributed by atoms with Crippen molar-refractivity contribution in [3.63, 3.8) is 0 Å². The summed E-state index contributed by atoms with van der Waals surface area (Å²) in [6.45, 7) is 1.54. The lowest BCUT2D eigenvalue weighted by Gasteiger charge is -2.34. The van der Waals surface area contributed by atoms with E-state index in [4.69, 9.17) is 4.74 Å². The van der Waals surface area contributed by atoms with Crippen molar-refractivity contribution in [2.45, 2.75) is 0 Å². The second-order valence-electron chi connectivity index (χ2n) is 6.27. The van der Waals surface area contributed by atoms with E-state index in [9.17, 15) is 14.4 Å². The lowest BCUT2D eigenvalue weighted by atomic mass is 10.2. The number of benzene rings is 1. The number of hydrogen-bond acceptors (Lipinski definition) is 7. The zero-order valence-electron chi connectivity index (χ0n) is 15.6. The highest BCUT2D eigenvalue weighted by Crippen LogP contribution is 2.11. The Morgan fingerprint density at radius 3 is 2.34 bits per heavy atom. The van der Waals surface area contributed by atoms with Crippen molar-refractivity contribution in [1.82, 2.24) is 20.2 Å². The van der Waals surface area contributed by atoms with Gasteiger partial charge in [-0.25, -0.2) is 9.97 Å². The van der Waals surface area contributed by atoms with Gasteiger partial charge in [0.05, 0.1) is 0 Å². The number of esters is 1. The quantitative estimate of drug-likeness (QED) is 0.635. The van der Waals surface area contributed by atoms with Gasteiger partial charge in [-0.05, 0) is 30.3 Å². The molecule has 152 valence electrons. The van der Waals surface area contributed by atoms with Gasteiger partial charge in [0.1, 0.15) is 6.54 Å². The summed E-state index contributed by atoms with van der Waals surface area (Å²) in [5.74, 6) is -0.695. The standard InChI is InChI=1S/C19H20BrN5O4/c20-15-4-2-14(3-5-15)18(28)23-12-17(27)29-13-16(26)24-8-10-25(11-9-24)19-21-6-1-7-22-19/h1-7H,8-13H2,(H,23,28). The fraction of sp³-hybridized carbons (Fsp3) is 0.316. The summed E-state index contributed by atoms with van der Waals surface area (Å²) in [7, 11) is 0. The molecule has 0 unspecified atom stereocenters. The van der Waals surface area contributed by atoms with Gasteiger partial charge in [0.25, 0.3) is 11.8 Å². The van der Waals surface area contributed by atoms with E-state index in [-0.39, 0.29) is 25.0 Å². The number of carbonyl (C=O) groups is 3. The number of halogens is 1. The van der Waals surface area contributed by atoms with Crippen molar-refractivity contribution in [2.75, 3.05) is 44.2 Å². The van der Waals surface area contributed by atoms with E-state index in [0.29, 0.717) is 37.7 Å². The lowest BCUT2D eigenvalue weighted by Crippen LogP contribution is -2.50. The normalized spacial score (nSPS) is 13.7. The van der Waals surface area contributed by atoms with Gasteiger partial charge in [0, 0.05) is 48.6 Å². The summed E-state index contributed by atoms with van der Waals surface area (Å²) in [6.07, 6.45) is 3.35. The molecule has 10 heteroatoms. The van der Waals surface area contributed by atoms with Gasteiger partial charge in [-0.2, -0.15) is 0 Å². The number of hydrogen-bond donors (Lipinski definition) is 1. The van der Waals surface area contributed by atoms with E-state index < -0.39 is 5.97 Å². The molecule has 1 aliphatic rings. The third-order valence-electron chi connectivity index (χ3n) is 4.32. The van der Waals surface area contributed by atoms with E-state index in [1.165, 1.54) is 0 Å². The van der Waals surface area contributed by atoms with Gasteiger partial charge in [0.15, 0.2) is 6.61 Å². The summed E-state index contributed by atoms with van der Waals surface area (Å²) in [6, 6.07) is 8.48. The highest BCUT2D eigenvalue weighted by molar-refractivity contribution is 9.10. The molecule has 0 spiro atoms. The first-order chi connectivity index (χ1) is 14.0. The summed E-state index contributed by atoms with van der Waals surface area (Å²) in [5.41, 5.74) is 0.428. The number of carbonyl (C=O) groups excluding carboxylic acids is 3. The largest absolute Gasteiger partial charge is 0.454 e. The molecule has 9 nitrogen and oxygen atoms in total. The number of amides is 2. The van der Waals surface area contributed by atoms with Crippen molar-refractivity contribution in [3.05, 3.63) is 52.8 Å². The van der Waals surface area contributed by atoms with Crippen LogP contribution < -0.4 is 10.2 Å². The molecular weight excluding hydrogens is 442 g/mol. The lowest BCUT2D eigenvalue weighted by molar-refractivity contribution is -0.151.